The van der Waals surface area contributed by atoms with Crippen LogP contribution >= 0.6 is 0 Å². The van der Waals surface area contributed by atoms with Crippen molar-refractivity contribution in [1.82, 2.24) is 29.2 Å². The van der Waals surface area contributed by atoms with Crippen LogP contribution in [0.25, 0.3) is 11.3 Å². The molecule has 0 amide bonds. The van der Waals surface area contributed by atoms with E-state index >= 15 is 0 Å². The van der Waals surface area contributed by atoms with Crippen molar-refractivity contribution < 1.29 is 0 Å². The number of fused-ring (bicyclic) bond motifs is 2. The molecule has 6 heteroatoms. The van der Waals surface area contributed by atoms with Crippen LogP contribution < -0.4 is 0 Å². The lowest BCUT2D eigenvalue weighted by Gasteiger charge is -2.26. The Kier molecular flexibility index (Phi) is 3.84. The second-order valence-electron chi connectivity index (χ2n) is 8.93. The predicted octanol–water partition coefficient (Wildman–Crippen LogP) is 3.90. The lowest BCUT2D eigenvalue weighted by molar-refractivity contribution is 0.487. The van der Waals surface area contributed by atoms with E-state index in [-0.39, 0.29) is 10.8 Å². The van der Waals surface area contributed by atoms with Crippen molar-refractivity contribution in [2.24, 2.45) is 0 Å². The highest BCUT2D eigenvalue weighted by atomic mass is 15.3. The van der Waals surface area contributed by atoms with E-state index in [2.05, 4.69) is 63.9 Å². The summed E-state index contributed by atoms with van der Waals surface area (Å²) < 4.78 is 3.82. The Balaban J connectivity index is 1.80. The summed E-state index contributed by atoms with van der Waals surface area (Å²) in [6.45, 7) is 13.1. The van der Waals surface area contributed by atoms with Gasteiger partial charge in [0.15, 0.2) is 11.3 Å². The van der Waals surface area contributed by atoms with Gasteiger partial charge in [-0.05, 0) is 19.1 Å². The molecule has 0 spiro atoms. The lowest BCUT2D eigenvalue weighted by atomic mass is 9.82. The fraction of sp³-hybridized carbons (Fsp3) is 0.429. The summed E-state index contributed by atoms with van der Waals surface area (Å²) in [5, 5.41) is 8.83. The first kappa shape index (κ1) is 17.6. The van der Waals surface area contributed by atoms with Gasteiger partial charge in [0.05, 0.1) is 23.8 Å². The Morgan fingerprint density at radius 1 is 0.815 bits per heavy atom. The Bertz CT molecular complexity index is 1130. The van der Waals surface area contributed by atoms with Crippen LogP contribution in [-0.4, -0.2) is 29.2 Å². The molecule has 0 saturated heterocycles. The quantitative estimate of drug-likeness (QED) is 0.555. The topological polar surface area (TPSA) is 60.4 Å². The van der Waals surface area contributed by atoms with Gasteiger partial charge in [0, 0.05) is 40.8 Å². The average Bonchev–Trinajstić information content (AvgIpc) is 3.22. The van der Waals surface area contributed by atoms with Crippen molar-refractivity contribution in [2.75, 3.05) is 0 Å². The molecule has 0 aromatic carbocycles. The molecule has 0 saturated carbocycles. The summed E-state index contributed by atoms with van der Waals surface area (Å²) in [6, 6.07) is 8.23. The van der Waals surface area contributed by atoms with Crippen molar-refractivity contribution in [3.8, 4) is 0 Å². The van der Waals surface area contributed by atoms with Crippen molar-refractivity contribution in [3.05, 3.63) is 59.4 Å². The van der Waals surface area contributed by atoms with Gasteiger partial charge in [0.25, 0.3) is 0 Å². The Hall–Kier alpha value is -2.76. The average molecular weight is 362 g/mol. The van der Waals surface area contributed by atoms with Gasteiger partial charge in [-0.25, -0.2) is 19.0 Å². The zero-order chi connectivity index (χ0) is 19.4. The molecule has 4 aromatic heterocycles. The van der Waals surface area contributed by atoms with Gasteiger partial charge < -0.3 is 0 Å². The van der Waals surface area contributed by atoms with Crippen LogP contribution in [0, 0.1) is 6.92 Å². The summed E-state index contributed by atoms with van der Waals surface area (Å²) in [5.74, 6) is 0. The molecule has 4 heterocycles. The fourth-order valence-electron chi connectivity index (χ4n) is 3.44. The Labute approximate surface area is 159 Å². The zero-order valence-corrected chi connectivity index (χ0v) is 16.9. The molecule has 4 rings (SSSR count). The van der Waals surface area contributed by atoms with Crippen LogP contribution in [0.4, 0.5) is 0 Å². The van der Waals surface area contributed by atoms with Crippen molar-refractivity contribution in [3.63, 3.8) is 0 Å². The summed E-state index contributed by atoms with van der Waals surface area (Å²) in [5.41, 5.74) is 5.97. The summed E-state index contributed by atoms with van der Waals surface area (Å²) in [4.78, 5) is 9.65. The minimum Gasteiger partial charge on any atom is -0.233 e. The van der Waals surface area contributed by atoms with E-state index in [0.29, 0.717) is 0 Å². The van der Waals surface area contributed by atoms with Crippen molar-refractivity contribution in [2.45, 2.75) is 58.8 Å². The van der Waals surface area contributed by atoms with Crippen LogP contribution in [-0.2, 0) is 17.3 Å². The predicted molar refractivity (Wildman–Crippen MR) is 106 cm³/mol. The highest BCUT2D eigenvalue weighted by molar-refractivity contribution is 5.43. The number of aryl methyl sites for hydroxylation is 1. The Morgan fingerprint density at radius 2 is 1.41 bits per heavy atom. The standard InChI is InChI=1S/C21H26N6/c1-14-11-17(25-18-7-9-22-26(14)18)21(5,6)13-15-12-16(20(2,3)4)24-19-8-10-23-27(15)19/h7-12H,13H2,1-6H3. The van der Waals surface area contributed by atoms with Crippen molar-refractivity contribution >= 4 is 11.3 Å². The molecule has 27 heavy (non-hydrogen) atoms. The number of aromatic nitrogens is 6. The molecule has 0 aliphatic carbocycles. The second-order valence-corrected chi connectivity index (χ2v) is 8.93. The molecule has 0 unspecified atom stereocenters. The lowest BCUT2D eigenvalue weighted by Crippen LogP contribution is -2.25. The molecule has 140 valence electrons. The number of hydrogen-bond donors (Lipinski definition) is 0. The van der Waals surface area contributed by atoms with Gasteiger partial charge in [-0.2, -0.15) is 10.2 Å². The molecule has 0 aliphatic rings. The molecule has 0 radical (unpaired) electrons. The van der Waals surface area contributed by atoms with Gasteiger partial charge in [0.2, 0.25) is 0 Å². The van der Waals surface area contributed by atoms with E-state index in [4.69, 9.17) is 9.97 Å². The molecule has 4 aromatic rings. The van der Waals surface area contributed by atoms with Crippen LogP contribution in [0.15, 0.2) is 36.7 Å². The van der Waals surface area contributed by atoms with Crippen LogP contribution in [0.5, 0.6) is 0 Å². The van der Waals surface area contributed by atoms with E-state index in [1.165, 1.54) is 0 Å². The van der Waals surface area contributed by atoms with Gasteiger partial charge in [0.1, 0.15) is 0 Å². The van der Waals surface area contributed by atoms with E-state index in [1.54, 1.807) is 6.20 Å². The minimum atomic E-state index is -0.161. The molecule has 6 nitrogen and oxygen atoms in total. The van der Waals surface area contributed by atoms with E-state index < -0.39 is 0 Å². The van der Waals surface area contributed by atoms with E-state index in [1.807, 2.05) is 27.4 Å². The molecular formula is C21H26N6. The third-order valence-corrected chi connectivity index (χ3v) is 5.06. The molecular weight excluding hydrogens is 336 g/mol. The first-order valence-corrected chi connectivity index (χ1v) is 9.31. The van der Waals surface area contributed by atoms with Gasteiger partial charge in [-0.3, -0.25) is 0 Å². The summed E-state index contributed by atoms with van der Waals surface area (Å²) in [7, 11) is 0. The maximum Gasteiger partial charge on any atom is 0.155 e. The van der Waals surface area contributed by atoms with Crippen LogP contribution in [0.2, 0.25) is 0 Å². The first-order chi connectivity index (χ1) is 12.6. The summed E-state index contributed by atoms with van der Waals surface area (Å²) >= 11 is 0. The number of rotatable bonds is 3. The normalized spacial score (nSPS) is 13.0. The molecule has 0 atom stereocenters. The third kappa shape index (κ3) is 3.09. The maximum absolute atomic E-state index is 4.86. The largest absolute Gasteiger partial charge is 0.233 e. The van der Waals surface area contributed by atoms with Crippen LogP contribution in [0.1, 0.15) is 57.4 Å². The first-order valence-electron chi connectivity index (χ1n) is 9.31. The molecule has 0 N–H and O–H groups in total. The monoisotopic (exact) mass is 362 g/mol. The highest BCUT2D eigenvalue weighted by Crippen LogP contribution is 2.29. The molecule has 0 fully saturated rings. The fourth-order valence-corrected chi connectivity index (χ4v) is 3.44. The number of hydrogen-bond acceptors (Lipinski definition) is 4. The van der Waals surface area contributed by atoms with Gasteiger partial charge in [-0.15, -0.1) is 0 Å². The third-order valence-electron chi connectivity index (χ3n) is 5.06. The smallest absolute Gasteiger partial charge is 0.155 e. The highest BCUT2D eigenvalue weighted by Gasteiger charge is 2.27. The van der Waals surface area contributed by atoms with Gasteiger partial charge >= 0.3 is 0 Å². The second kappa shape index (κ2) is 5.87. The van der Waals surface area contributed by atoms with Crippen molar-refractivity contribution in [1.29, 1.82) is 0 Å². The number of nitrogens with zero attached hydrogens (tertiary/aromatic N) is 6. The SMILES string of the molecule is Cc1cc(C(C)(C)Cc2cc(C(C)(C)C)nc3ccnn23)nc2ccnn12. The minimum absolute atomic E-state index is 0.0176. The Morgan fingerprint density at radius 3 is 2.07 bits per heavy atom. The summed E-state index contributed by atoms with van der Waals surface area (Å²) in [6.07, 6.45) is 4.41. The molecule has 0 bridgehead atoms. The molecule has 0 aliphatic heterocycles. The van der Waals surface area contributed by atoms with Crippen LogP contribution in [0.3, 0.4) is 0 Å². The van der Waals surface area contributed by atoms with E-state index in [9.17, 15) is 0 Å². The van der Waals surface area contributed by atoms with Gasteiger partial charge in [-0.1, -0.05) is 34.6 Å². The van der Waals surface area contributed by atoms with E-state index in [0.717, 1.165) is 40.5 Å². The maximum atomic E-state index is 4.86. The zero-order valence-electron chi connectivity index (χ0n) is 16.9.